The molecular formula is C20H25ClN4O2S. The molecule has 1 aliphatic heterocycles. The quantitative estimate of drug-likeness (QED) is 0.553. The summed E-state index contributed by atoms with van der Waals surface area (Å²) in [5, 5.41) is 4.16. The number of piperidine rings is 1. The first-order chi connectivity index (χ1) is 13.4. The third-order valence-electron chi connectivity index (χ3n) is 4.61. The number of hydrogen-bond donors (Lipinski definition) is 1. The molecule has 0 spiro atoms. The highest BCUT2D eigenvalue weighted by atomic mass is 35.5. The number of benzene rings is 1. The van der Waals surface area contributed by atoms with Crippen molar-refractivity contribution in [1.82, 2.24) is 9.97 Å². The number of ether oxygens (including phenoxy) is 1. The number of methoxy groups -OCH3 is 1. The minimum absolute atomic E-state index is 0.147. The van der Waals surface area contributed by atoms with Crippen molar-refractivity contribution in [1.29, 1.82) is 0 Å². The summed E-state index contributed by atoms with van der Waals surface area (Å²) in [7, 11) is 1.55. The van der Waals surface area contributed by atoms with Crippen LogP contribution in [0.15, 0.2) is 35.6 Å². The van der Waals surface area contributed by atoms with Crippen LogP contribution < -0.4 is 15.0 Å². The minimum Gasteiger partial charge on any atom is -0.495 e. The molecule has 6 nitrogen and oxygen atoms in total. The molecule has 2 heterocycles. The van der Waals surface area contributed by atoms with E-state index in [0.29, 0.717) is 28.3 Å². The molecule has 8 heteroatoms. The summed E-state index contributed by atoms with van der Waals surface area (Å²) < 4.78 is 5.26. The number of aromatic nitrogens is 2. The molecule has 1 aromatic heterocycles. The van der Waals surface area contributed by atoms with Crippen molar-refractivity contribution in [3.8, 4) is 5.75 Å². The van der Waals surface area contributed by atoms with Crippen LogP contribution in [-0.4, -0.2) is 41.8 Å². The van der Waals surface area contributed by atoms with Gasteiger partial charge in [-0.25, -0.2) is 9.97 Å². The zero-order valence-electron chi connectivity index (χ0n) is 16.3. The Morgan fingerprint density at radius 3 is 2.75 bits per heavy atom. The Labute approximate surface area is 175 Å². The summed E-state index contributed by atoms with van der Waals surface area (Å²) in [5.74, 6) is 2.87. The number of carbonyl (C=O) groups is 1. The van der Waals surface area contributed by atoms with Gasteiger partial charge >= 0.3 is 0 Å². The number of amides is 1. The van der Waals surface area contributed by atoms with Gasteiger partial charge in [-0.2, -0.15) is 0 Å². The Morgan fingerprint density at radius 2 is 2.04 bits per heavy atom. The molecule has 1 aromatic carbocycles. The average Bonchev–Trinajstić information content (AvgIpc) is 2.66. The van der Waals surface area contributed by atoms with Crippen LogP contribution in [-0.2, 0) is 4.79 Å². The minimum atomic E-state index is -0.147. The van der Waals surface area contributed by atoms with E-state index in [0.717, 1.165) is 23.9 Å². The number of thioether (sulfide) groups is 1. The van der Waals surface area contributed by atoms with Crippen molar-refractivity contribution in [3.63, 3.8) is 0 Å². The van der Waals surface area contributed by atoms with Gasteiger partial charge < -0.3 is 15.0 Å². The number of anilines is 2. The van der Waals surface area contributed by atoms with E-state index < -0.39 is 0 Å². The number of nitrogens with zero attached hydrogens (tertiary/aromatic N) is 3. The van der Waals surface area contributed by atoms with Crippen molar-refractivity contribution < 1.29 is 9.53 Å². The Morgan fingerprint density at radius 1 is 1.29 bits per heavy atom. The van der Waals surface area contributed by atoms with E-state index >= 15 is 0 Å². The average molecular weight is 421 g/mol. The first-order valence-corrected chi connectivity index (χ1v) is 10.6. The first-order valence-electron chi connectivity index (χ1n) is 9.27. The largest absolute Gasteiger partial charge is 0.495 e. The van der Waals surface area contributed by atoms with E-state index in [2.05, 4.69) is 34.0 Å². The lowest BCUT2D eigenvalue weighted by atomic mass is 9.92. The van der Waals surface area contributed by atoms with Crippen molar-refractivity contribution in [3.05, 3.63) is 35.6 Å². The lowest BCUT2D eigenvalue weighted by molar-refractivity contribution is -0.113. The van der Waals surface area contributed by atoms with Gasteiger partial charge in [-0.3, -0.25) is 4.79 Å². The molecule has 1 N–H and O–H groups in total. The summed E-state index contributed by atoms with van der Waals surface area (Å²) >= 11 is 7.39. The number of halogens is 1. The lowest BCUT2D eigenvalue weighted by Crippen LogP contribution is -2.39. The van der Waals surface area contributed by atoms with E-state index in [1.807, 2.05) is 6.07 Å². The molecular weight excluding hydrogens is 396 g/mol. The second-order valence-corrected chi connectivity index (χ2v) is 8.68. The van der Waals surface area contributed by atoms with Gasteiger partial charge in [0.1, 0.15) is 22.9 Å². The molecule has 3 rings (SSSR count). The van der Waals surface area contributed by atoms with Crippen molar-refractivity contribution in [2.24, 2.45) is 11.8 Å². The fourth-order valence-electron chi connectivity index (χ4n) is 3.54. The second kappa shape index (κ2) is 9.47. The number of carbonyl (C=O) groups excluding carboxylic acids is 1. The van der Waals surface area contributed by atoms with Crippen LogP contribution in [0.3, 0.4) is 0 Å². The van der Waals surface area contributed by atoms with Crippen LogP contribution in [0.4, 0.5) is 11.5 Å². The van der Waals surface area contributed by atoms with Crippen LogP contribution in [0.25, 0.3) is 0 Å². The maximum Gasteiger partial charge on any atom is 0.234 e. The normalized spacial score (nSPS) is 19.4. The van der Waals surface area contributed by atoms with E-state index in [4.69, 9.17) is 16.3 Å². The second-order valence-electron chi connectivity index (χ2n) is 7.25. The van der Waals surface area contributed by atoms with Gasteiger partial charge in [0, 0.05) is 24.2 Å². The number of nitrogens with one attached hydrogen (secondary N) is 1. The Kier molecular flexibility index (Phi) is 7.02. The third-order valence-corrected chi connectivity index (χ3v) is 5.77. The van der Waals surface area contributed by atoms with Crippen LogP contribution in [0.1, 0.15) is 20.3 Å². The molecule has 0 radical (unpaired) electrons. The van der Waals surface area contributed by atoms with E-state index in [1.54, 1.807) is 31.6 Å². The van der Waals surface area contributed by atoms with Crippen LogP contribution in [0.5, 0.6) is 5.75 Å². The van der Waals surface area contributed by atoms with Gasteiger partial charge in [0.2, 0.25) is 5.91 Å². The summed E-state index contributed by atoms with van der Waals surface area (Å²) in [4.78, 5) is 23.4. The van der Waals surface area contributed by atoms with Gasteiger partial charge in [0.15, 0.2) is 0 Å². The number of hydrogen-bond acceptors (Lipinski definition) is 6. The molecule has 0 aliphatic carbocycles. The van der Waals surface area contributed by atoms with Crippen LogP contribution in [0, 0.1) is 11.8 Å². The summed E-state index contributed by atoms with van der Waals surface area (Å²) in [6, 6.07) is 7.07. The van der Waals surface area contributed by atoms with E-state index in [-0.39, 0.29) is 11.7 Å². The molecule has 150 valence electrons. The van der Waals surface area contributed by atoms with E-state index in [9.17, 15) is 4.79 Å². The zero-order chi connectivity index (χ0) is 20.1. The van der Waals surface area contributed by atoms with E-state index in [1.165, 1.54) is 18.2 Å². The fourth-order valence-corrected chi connectivity index (χ4v) is 4.37. The van der Waals surface area contributed by atoms with Crippen molar-refractivity contribution in [2.45, 2.75) is 25.3 Å². The smallest absolute Gasteiger partial charge is 0.234 e. The van der Waals surface area contributed by atoms with Crippen LogP contribution in [0.2, 0.25) is 5.02 Å². The predicted octanol–water partition coefficient (Wildman–Crippen LogP) is 4.35. The standard InChI is InChI=1S/C20H25ClN4O2S/c1-13-6-14(2)10-25(9-13)18-8-20(23-12-22-18)28-11-19(26)24-16-7-15(21)4-5-17(16)27-3/h4-5,7-8,12-14H,6,9-11H2,1-3H3,(H,24,26)/t13-,14-/m1/s1. The summed E-state index contributed by atoms with van der Waals surface area (Å²) in [5.41, 5.74) is 0.556. The molecule has 2 atom stereocenters. The van der Waals surface area contributed by atoms with Gasteiger partial charge in [0.25, 0.3) is 0 Å². The Bertz CT molecular complexity index is 826. The highest BCUT2D eigenvalue weighted by molar-refractivity contribution is 7.99. The molecule has 1 amide bonds. The van der Waals surface area contributed by atoms with Gasteiger partial charge in [-0.05, 0) is 36.5 Å². The Balaban J connectivity index is 1.60. The maximum absolute atomic E-state index is 12.4. The topological polar surface area (TPSA) is 67.3 Å². The lowest BCUT2D eigenvalue weighted by Gasteiger charge is -2.35. The van der Waals surface area contributed by atoms with Crippen LogP contribution >= 0.6 is 23.4 Å². The highest BCUT2D eigenvalue weighted by Gasteiger charge is 2.23. The van der Waals surface area contributed by atoms with Gasteiger partial charge in [-0.15, -0.1) is 0 Å². The molecule has 2 aromatic rings. The zero-order valence-corrected chi connectivity index (χ0v) is 17.9. The molecule has 28 heavy (non-hydrogen) atoms. The Hall–Kier alpha value is -1.99. The predicted molar refractivity (Wildman–Crippen MR) is 115 cm³/mol. The number of rotatable bonds is 6. The van der Waals surface area contributed by atoms with Gasteiger partial charge in [-0.1, -0.05) is 37.2 Å². The molecule has 0 bridgehead atoms. The summed E-state index contributed by atoms with van der Waals surface area (Å²) in [6.45, 7) is 6.54. The third kappa shape index (κ3) is 5.52. The highest BCUT2D eigenvalue weighted by Crippen LogP contribution is 2.29. The van der Waals surface area contributed by atoms with Crippen molar-refractivity contribution in [2.75, 3.05) is 36.2 Å². The molecule has 1 fully saturated rings. The molecule has 0 unspecified atom stereocenters. The molecule has 0 saturated carbocycles. The fraction of sp³-hybridized carbons (Fsp3) is 0.450. The summed E-state index contributed by atoms with van der Waals surface area (Å²) in [6.07, 6.45) is 2.82. The molecule has 1 saturated heterocycles. The SMILES string of the molecule is COc1ccc(Cl)cc1NC(=O)CSc1cc(N2C[C@H](C)C[C@@H](C)C2)ncn1. The maximum atomic E-state index is 12.4. The first kappa shape index (κ1) is 20.7. The molecule has 1 aliphatic rings. The monoisotopic (exact) mass is 420 g/mol. The van der Waals surface area contributed by atoms with Crippen molar-refractivity contribution >= 4 is 40.8 Å². The van der Waals surface area contributed by atoms with Gasteiger partial charge in [0.05, 0.1) is 18.6 Å².